The number of esters is 1. The van der Waals surface area contributed by atoms with Crippen molar-refractivity contribution in [1.82, 2.24) is 14.8 Å². The Morgan fingerprint density at radius 1 is 1.09 bits per heavy atom. The lowest BCUT2D eigenvalue weighted by atomic mass is 9.86. The van der Waals surface area contributed by atoms with Crippen molar-refractivity contribution in [2.45, 2.75) is 38.0 Å². The van der Waals surface area contributed by atoms with Gasteiger partial charge < -0.3 is 9.64 Å². The average molecular weight is 491 g/mol. The molecule has 2 fully saturated rings. The van der Waals surface area contributed by atoms with E-state index in [9.17, 15) is 18.0 Å². The van der Waals surface area contributed by atoms with Crippen LogP contribution in [0.25, 0.3) is 0 Å². The van der Waals surface area contributed by atoms with Gasteiger partial charge in [0.2, 0.25) is 0 Å². The summed E-state index contributed by atoms with van der Waals surface area (Å²) in [4.78, 5) is 22.9. The Labute approximate surface area is 204 Å². The molecule has 2 aliphatic heterocycles. The molecule has 190 valence electrons. The third-order valence-electron chi connectivity index (χ3n) is 7.20. The van der Waals surface area contributed by atoms with E-state index in [1.54, 1.807) is 18.5 Å². The molecule has 0 spiro atoms. The Bertz CT molecular complexity index is 965. The van der Waals surface area contributed by atoms with Crippen LogP contribution < -0.4 is 4.90 Å². The number of carbonyl (C=O) groups excluding carboxylic acids is 1. The van der Waals surface area contributed by atoms with Gasteiger partial charge >= 0.3 is 12.1 Å². The molecule has 0 radical (unpaired) electrons. The number of nitrogens with zero attached hydrogens (tertiary/aromatic N) is 4. The van der Waals surface area contributed by atoms with Crippen LogP contribution >= 0.6 is 0 Å². The van der Waals surface area contributed by atoms with Crippen molar-refractivity contribution < 1.29 is 22.7 Å². The van der Waals surface area contributed by atoms with Crippen LogP contribution in [0, 0.1) is 5.92 Å². The summed E-state index contributed by atoms with van der Waals surface area (Å²) in [5, 5.41) is 0. The van der Waals surface area contributed by atoms with Crippen molar-refractivity contribution in [3.8, 4) is 0 Å². The maximum absolute atomic E-state index is 13.1. The van der Waals surface area contributed by atoms with Crippen LogP contribution in [-0.2, 0) is 22.3 Å². The van der Waals surface area contributed by atoms with Gasteiger partial charge in [0.15, 0.2) is 0 Å². The van der Waals surface area contributed by atoms with Gasteiger partial charge in [-0.25, -0.2) is 0 Å². The minimum Gasteiger partial charge on any atom is -0.469 e. The first-order valence-corrected chi connectivity index (χ1v) is 12.2. The van der Waals surface area contributed by atoms with Crippen molar-refractivity contribution in [3.63, 3.8) is 0 Å². The summed E-state index contributed by atoms with van der Waals surface area (Å²) in [6.45, 7) is 5.67. The molecule has 2 aliphatic rings. The number of carbonyl (C=O) groups is 1. The standard InChI is InChI=1S/C26H33F3N4O2/c1-35-25(34)6-5-21-19-31(18-20-7-10-30-11-8-20)12-9-24(21)33-15-13-32(14-16-33)23-4-2-3-22(17-23)26(27,28)29/h2-4,7-8,10-11,17,21,24H,5-6,9,12-16,18-19H2,1H3/t21-,24+/m0/s1. The smallest absolute Gasteiger partial charge is 0.416 e. The number of aromatic nitrogens is 1. The van der Waals surface area contributed by atoms with Crippen molar-refractivity contribution in [3.05, 3.63) is 59.9 Å². The Balaban J connectivity index is 1.39. The monoisotopic (exact) mass is 490 g/mol. The second kappa shape index (κ2) is 11.4. The molecule has 2 aromatic rings. The van der Waals surface area contributed by atoms with E-state index in [2.05, 4.69) is 14.8 Å². The molecule has 0 aliphatic carbocycles. The highest BCUT2D eigenvalue weighted by molar-refractivity contribution is 5.69. The maximum atomic E-state index is 13.1. The van der Waals surface area contributed by atoms with E-state index < -0.39 is 11.7 Å². The largest absolute Gasteiger partial charge is 0.469 e. The van der Waals surface area contributed by atoms with Crippen LogP contribution in [0.4, 0.5) is 18.9 Å². The number of halogens is 3. The van der Waals surface area contributed by atoms with E-state index in [-0.39, 0.29) is 5.97 Å². The van der Waals surface area contributed by atoms with E-state index in [4.69, 9.17) is 4.74 Å². The summed E-state index contributed by atoms with van der Waals surface area (Å²) in [6.07, 6.45) is 1.43. The van der Waals surface area contributed by atoms with Gasteiger partial charge in [0.05, 0.1) is 12.7 Å². The number of alkyl halides is 3. The molecule has 0 unspecified atom stereocenters. The second-order valence-electron chi connectivity index (χ2n) is 9.39. The topological polar surface area (TPSA) is 48.9 Å². The van der Waals surface area contributed by atoms with Gasteiger partial charge in [0.25, 0.3) is 0 Å². The molecule has 9 heteroatoms. The van der Waals surface area contributed by atoms with E-state index >= 15 is 0 Å². The number of ether oxygens (including phenoxy) is 1. The molecule has 1 aromatic carbocycles. The number of hydrogen-bond donors (Lipinski definition) is 0. The minimum atomic E-state index is -4.34. The van der Waals surface area contributed by atoms with Crippen molar-refractivity contribution >= 4 is 11.7 Å². The predicted molar refractivity (Wildman–Crippen MR) is 128 cm³/mol. The Morgan fingerprint density at radius 3 is 2.51 bits per heavy atom. The first kappa shape index (κ1) is 25.4. The molecule has 4 rings (SSSR count). The number of rotatable bonds is 7. The number of anilines is 1. The van der Waals surface area contributed by atoms with E-state index in [1.165, 1.54) is 24.8 Å². The SMILES string of the molecule is COC(=O)CC[C@H]1CN(Cc2ccncc2)CC[C@H]1N1CCN(c2cccc(C(F)(F)F)c2)CC1. The third-order valence-corrected chi connectivity index (χ3v) is 7.20. The molecular formula is C26H33F3N4O2. The van der Waals surface area contributed by atoms with E-state index in [0.29, 0.717) is 37.2 Å². The molecular weight excluding hydrogens is 457 g/mol. The normalized spacial score (nSPS) is 22.2. The van der Waals surface area contributed by atoms with Crippen LogP contribution in [-0.4, -0.2) is 73.2 Å². The average Bonchev–Trinajstić information content (AvgIpc) is 2.88. The number of likely N-dealkylation sites (tertiary alicyclic amines) is 1. The number of hydrogen-bond acceptors (Lipinski definition) is 6. The molecule has 0 bridgehead atoms. The lowest BCUT2D eigenvalue weighted by molar-refractivity contribution is -0.141. The van der Waals surface area contributed by atoms with Gasteiger partial charge in [-0.05, 0) is 61.2 Å². The van der Waals surface area contributed by atoms with Gasteiger partial charge in [-0.1, -0.05) is 6.07 Å². The van der Waals surface area contributed by atoms with Gasteiger partial charge in [-0.2, -0.15) is 13.2 Å². The maximum Gasteiger partial charge on any atom is 0.416 e. The fourth-order valence-electron chi connectivity index (χ4n) is 5.35. The van der Waals surface area contributed by atoms with Crippen LogP contribution in [0.15, 0.2) is 48.8 Å². The highest BCUT2D eigenvalue weighted by Crippen LogP contribution is 2.33. The van der Waals surface area contributed by atoms with Crippen LogP contribution in [0.3, 0.4) is 0 Å². The van der Waals surface area contributed by atoms with E-state index in [1.807, 2.05) is 17.0 Å². The number of methoxy groups -OCH3 is 1. The van der Waals surface area contributed by atoms with Crippen molar-refractivity contribution in [1.29, 1.82) is 0 Å². The van der Waals surface area contributed by atoms with Gasteiger partial charge in [-0.3, -0.25) is 19.6 Å². The summed E-state index contributed by atoms with van der Waals surface area (Å²) in [5.41, 5.74) is 1.23. The summed E-state index contributed by atoms with van der Waals surface area (Å²) in [6, 6.07) is 9.99. The predicted octanol–water partition coefficient (Wildman–Crippen LogP) is 4.07. The minimum absolute atomic E-state index is 0.190. The highest BCUT2D eigenvalue weighted by Gasteiger charge is 2.35. The molecule has 1 aromatic heterocycles. The quantitative estimate of drug-likeness (QED) is 0.546. The fraction of sp³-hybridized carbons (Fsp3) is 0.538. The molecule has 3 heterocycles. The number of piperidine rings is 1. The van der Waals surface area contributed by atoms with Crippen molar-refractivity contribution in [2.75, 3.05) is 51.3 Å². The summed E-state index contributed by atoms with van der Waals surface area (Å²) in [5.74, 6) is 0.133. The number of pyridine rings is 1. The van der Waals surface area contributed by atoms with E-state index in [0.717, 1.165) is 51.6 Å². The Morgan fingerprint density at radius 2 is 1.83 bits per heavy atom. The van der Waals surface area contributed by atoms with Crippen LogP contribution in [0.5, 0.6) is 0 Å². The summed E-state index contributed by atoms with van der Waals surface area (Å²) >= 11 is 0. The number of benzene rings is 1. The molecule has 2 atom stereocenters. The van der Waals surface area contributed by atoms with Crippen LogP contribution in [0.2, 0.25) is 0 Å². The number of piperazine rings is 1. The highest BCUT2D eigenvalue weighted by atomic mass is 19.4. The fourth-order valence-corrected chi connectivity index (χ4v) is 5.35. The van der Waals surface area contributed by atoms with Crippen molar-refractivity contribution in [2.24, 2.45) is 5.92 Å². The molecule has 0 saturated carbocycles. The molecule has 35 heavy (non-hydrogen) atoms. The first-order valence-electron chi connectivity index (χ1n) is 12.2. The lowest BCUT2D eigenvalue weighted by Gasteiger charge is -2.47. The summed E-state index contributed by atoms with van der Waals surface area (Å²) < 4.78 is 44.3. The Hall–Kier alpha value is -2.65. The molecule has 0 N–H and O–H groups in total. The molecule has 2 saturated heterocycles. The van der Waals surface area contributed by atoms with Gasteiger partial charge in [0.1, 0.15) is 0 Å². The zero-order chi connectivity index (χ0) is 24.8. The lowest BCUT2D eigenvalue weighted by Crippen LogP contribution is -2.56. The van der Waals surface area contributed by atoms with Gasteiger partial charge in [-0.15, -0.1) is 0 Å². The van der Waals surface area contributed by atoms with Crippen LogP contribution in [0.1, 0.15) is 30.4 Å². The Kier molecular flexibility index (Phi) is 8.28. The third kappa shape index (κ3) is 6.73. The zero-order valence-electron chi connectivity index (χ0n) is 20.1. The zero-order valence-corrected chi connectivity index (χ0v) is 20.1. The summed E-state index contributed by atoms with van der Waals surface area (Å²) in [7, 11) is 1.42. The first-order chi connectivity index (χ1) is 16.8. The van der Waals surface area contributed by atoms with Gasteiger partial charge in [0, 0.05) is 69.8 Å². The molecule has 0 amide bonds. The second-order valence-corrected chi connectivity index (χ2v) is 9.39. The molecule has 6 nitrogen and oxygen atoms in total.